The largest absolute Gasteiger partial charge is 0.508 e. The summed E-state index contributed by atoms with van der Waals surface area (Å²) in [7, 11) is 0. The normalized spacial score (nSPS) is 17.6. The van der Waals surface area contributed by atoms with Crippen LogP contribution in [0.2, 0.25) is 0 Å². The van der Waals surface area contributed by atoms with Gasteiger partial charge in [-0.3, -0.25) is 4.79 Å². The number of nitrogens with two attached hydrogens (primary N) is 1. The molecule has 1 unspecified atom stereocenters. The summed E-state index contributed by atoms with van der Waals surface area (Å²) >= 11 is 0. The lowest BCUT2D eigenvalue weighted by Gasteiger charge is -2.33. The van der Waals surface area contributed by atoms with Crippen molar-refractivity contribution in [1.82, 2.24) is 0 Å². The lowest BCUT2D eigenvalue weighted by molar-refractivity contribution is 0.0983. The van der Waals surface area contributed by atoms with Crippen LogP contribution in [0.25, 0.3) is 0 Å². The monoisotopic (exact) mass is 268 g/mol. The van der Waals surface area contributed by atoms with Crippen LogP contribution in [-0.4, -0.2) is 23.6 Å². The van der Waals surface area contributed by atoms with Gasteiger partial charge in [0.1, 0.15) is 5.75 Å². The number of phenolic OH excluding ortho intramolecular Hbond substituents is 1. The van der Waals surface area contributed by atoms with E-state index in [4.69, 9.17) is 5.73 Å². The zero-order chi connectivity index (χ0) is 14.1. The van der Waals surface area contributed by atoms with Crippen LogP contribution in [0.1, 0.15) is 15.9 Å². The predicted octanol–water partition coefficient (Wildman–Crippen LogP) is 1.92. The molecule has 0 aromatic heterocycles. The summed E-state index contributed by atoms with van der Waals surface area (Å²) in [6.07, 6.45) is 0.778. The van der Waals surface area contributed by atoms with Crippen LogP contribution < -0.4 is 10.6 Å². The summed E-state index contributed by atoms with van der Waals surface area (Å²) in [4.78, 5) is 14.3. The average molecular weight is 268 g/mol. The first-order valence-corrected chi connectivity index (χ1v) is 6.59. The number of aromatic hydroxyl groups is 1. The molecule has 0 bridgehead atoms. The van der Waals surface area contributed by atoms with E-state index >= 15 is 0 Å². The fraction of sp³-hybridized carbons (Fsp3) is 0.188. The molecular formula is C16H16N2O2. The number of benzene rings is 2. The number of rotatable bonds is 1. The fourth-order valence-corrected chi connectivity index (χ4v) is 2.61. The fourth-order valence-electron chi connectivity index (χ4n) is 2.61. The number of carbonyl (C=O) groups is 1. The van der Waals surface area contributed by atoms with Crippen LogP contribution in [0.5, 0.6) is 5.75 Å². The van der Waals surface area contributed by atoms with E-state index in [0.29, 0.717) is 12.1 Å². The molecule has 2 aromatic rings. The van der Waals surface area contributed by atoms with Crippen LogP contribution in [0.3, 0.4) is 0 Å². The Labute approximate surface area is 117 Å². The van der Waals surface area contributed by atoms with E-state index in [1.165, 1.54) is 6.07 Å². The van der Waals surface area contributed by atoms with Gasteiger partial charge in [-0.05, 0) is 36.2 Å². The molecule has 1 atom stereocenters. The molecule has 1 heterocycles. The second-order valence-corrected chi connectivity index (χ2v) is 5.06. The number of nitrogens with zero attached hydrogens (tertiary/aromatic N) is 1. The number of fused-ring (bicyclic) bond motifs is 1. The molecule has 4 nitrogen and oxygen atoms in total. The summed E-state index contributed by atoms with van der Waals surface area (Å²) < 4.78 is 0. The minimum absolute atomic E-state index is 0.0637. The molecule has 0 spiro atoms. The molecule has 0 radical (unpaired) electrons. The molecular weight excluding hydrogens is 252 g/mol. The summed E-state index contributed by atoms with van der Waals surface area (Å²) in [5.74, 6) is -0.0473. The van der Waals surface area contributed by atoms with Gasteiger partial charge in [-0.25, -0.2) is 0 Å². The van der Waals surface area contributed by atoms with Crippen LogP contribution in [0, 0.1) is 0 Å². The van der Waals surface area contributed by atoms with Gasteiger partial charge >= 0.3 is 0 Å². The molecule has 102 valence electrons. The molecule has 1 aliphatic heterocycles. The van der Waals surface area contributed by atoms with Crippen molar-refractivity contribution in [1.29, 1.82) is 0 Å². The minimum atomic E-state index is -0.136. The van der Waals surface area contributed by atoms with Crippen molar-refractivity contribution in [3.05, 3.63) is 59.7 Å². The molecule has 0 saturated heterocycles. The number of carbonyl (C=O) groups excluding carboxylic acids is 1. The smallest absolute Gasteiger partial charge is 0.258 e. The van der Waals surface area contributed by atoms with Gasteiger partial charge in [0.15, 0.2) is 0 Å². The van der Waals surface area contributed by atoms with Gasteiger partial charge in [-0.1, -0.05) is 24.3 Å². The zero-order valence-electron chi connectivity index (χ0n) is 11.0. The molecule has 0 aliphatic carbocycles. The molecule has 20 heavy (non-hydrogen) atoms. The zero-order valence-corrected chi connectivity index (χ0v) is 11.0. The molecule has 4 heteroatoms. The van der Waals surface area contributed by atoms with Crippen molar-refractivity contribution < 1.29 is 9.90 Å². The molecule has 3 rings (SSSR count). The SMILES string of the molecule is NC1Cc2ccccc2N(C(=O)c2cccc(O)c2)C1. The van der Waals surface area contributed by atoms with E-state index in [-0.39, 0.29) is 17.7 Å². The van der Waals surface area contributed by atoms with Gasteiger partial charge in [0.05, 0.1) is 0 Å². The Morgan fingerprint density at radius 3 is 2.80 bits per heavy atom. The Kier molecular flexibility index (Phi) is 3.16. The maximum atomic E-state index is 12.6. The summed E-state index contributed by atoms with van der Waals surface area (Å²) in [6, 6.07) is 14.1. The first-order chi connectivity index (χ1) is 9.65. The first kappa shape index (κ1) is 12.7. The number of hydrogen-bond donors (Lipinski definition) is 2. The van der Waals surface area contributed by atoms with E-state index in [0.717, 1.165) is 17.7 Å². The third kappa shape index (κ3) is 2.26. The highest BCUT2D eigenvalue weighted by atomic mass is 16.3. The molecule has 0 saturated carbocycles. The van der Waals surface area contributed by atoms with Crippen LogP contribution in [0.15, 0.2) is 48.5 Å². The third-order valence-corrected chi connectivity index (χ3v) is 3.52. The number of anilines is 1. The van der Waals surface area contributed by atoms with Gasteiger partial charge in [-0.15, -0.1) is 0 Å². The number of hydrogen-bond acceptors (Lipinski definition) is 3. The van der Waals surface area contributed by atoms with Crippen molar-refractivity contribution in [2.24, 2.45) is 5.73 Å². The van der Waals surface area contributed by atoms with E-state index in [9.17, 15) is 9.90 Å². The highest BCUT2D eigenvalue weighted by Gasteiger charge is 2.27. The van der Waals surface area contributed by atoms with E-state index in [1.54, 1.807) is 23.1 Å². The highest BCUT2D eigenvalue weighted by Crippen LogP contribution is 2.28. The Hall–Kier alpha value is -2.33. The van der Waals surface area contributed by atoms with Gasteiger partial charge in [0.2, 0.25) is 0 Å². The predicted molar refractivity (Wildman–Crippen MR) is 77.9 cm³/mol. The quantitative estimate of drug-likeness (QED) is 0.830. The average Bonchev–Trinajstić information content (AvgIpc) is 2.45. The van der Waals surface area contributed by atoms with E-state index in [2.05, 4.69) is 0 Å². The third-order valence-electron chi connectivity index (χ3n) is 3.52. The molecule has 1 amide bonds. The summed E-state index contributed by atoms with van der Waals surface area (Å²) in [5, 5.41) is 9.51. The van der Waals surface area contributed by atoms with Gasteiger partial charge in [0, 0.05) is 23.8 Å². The summed E-state index contributed by atoms with van der Waals surface area (Å²) in [6.45, 7) is 0.492. The standard InChI is InChI=1S/C16H16N2O2/c17-13-8-11-4-1-2-7-15(11)18(10-13)16(20)12-5-3-6-14(19)9-12/h1-7,9,13,19H,8,10,17H2. The second-order valence-electron chi connectivity index (χ2n) is 5.06. The van der Waals surface area contributed by atoms with Crippen molar-refractivity contribution in [2.45, 2.75) is 12.5 Å². The van der Waals surface area contributed by atoms with Crippen LogP contribution in [0.4, 0.5) is 5.69 Å². The number of amides is 1. The van der Waals surface area contributed by atoms with E-state index in [1.807, 2.05) is 24.3 Å². The Morgan fingerprint density at radius 1 is 1.20 bits per heavy atom. The van der Waals surface area contributed by atoms with Crippen LogP contribution in [-0.2, 0) is 6.42 Å². The summed E-state index contributed by atoms with van der Waals surface area (Å²) in [5.41, 5.74) is 8.50. The number of phenols is 1. The van der Waals surface area contributed by atoms with E-state index < -0.39 is 0 Å². The number of para-hydroxylation sites is 1. The molecule has 2 aromatic carbocycles. The maximum Gasteiger partial charge on any atom is 0.258 e. The molecule has 0 fully saturated rings. The Morgan fingerprint density at radius 2 is 2.00 bits per heavy atom. The molecule has 3 N–H and O–H groups in total. The lowest BCUT2D eigenvalue weighted by atomic mass is 9.97. The molecule has 1 aliphatic rings. The van der Waals surface area contributed by atoms with Crippen molar-refractivity contribution >= 4 is 11.6 Å². The van der Waals surface area contributed by atoms with Crippen LogP contribution >= 0.6 is 0 Å². The lowest BCUT2D eigenvalue weighted by Crippen LogP contribution is -2.46. The van der Waals surface area contributed by atoms with Gasteiger partial charge in [-0.2, -0.15) is 0 Å². The van der Waals surface area contributed by atoms with Crippen molar-refractivity contribution in [3.63, 3.8) is 0 Å². The van der Waals surface area contributed by atoms with Gasteiger partial charge < -0.3 is 15.7 Å². The Balaban J connectivity index is 2.00. The van der Waals surface area contributed by atoms with Crippen molar-refractivity contribution in [3.8, 4) is 5.75 Å². The Bertz CT molecular complexity index is 654. The van der Waals surface area contributed by atoms with Gasteiger partial charge in [0.25, 0.3) is 5.91 Å². The minimum Gasteiger partial charge on any atom is -0.508 e. The second kappa shape index (κ2) is 4.98. The topological polar surface area (TPSA) is 66.6 Å². The van der Waals surface area contributed by atoms with Crippen molar-refractivity contribution in [2.75, 3.05) is 11.4 Å². The first-order valence-electron chi connectivity index (χ1n) is 6.59. The highest BCUT2D eigenvalue weighted by molar-refractivity contribution is 6.07. The maximum absolute atomic E-state index is 12.6.